The molecule has 1 aromatic rings. The Balaban J connectivity index is 2.19. The maximum absolute atomic E-state index is 12.4. The predicted molar refractivity (Wildman–Crippen MR) is 78.4 cm³/mol. The standard InChI is InChI=1S/C12H12BrF3N2OS/c1-2-8-6-20-11(17-8)18-9-4-3-7(13)5-10(9)19-12(14,15)16/h3-5,8H,2,6H2,1H3,(H,17,18). The molecule has 8 heteroatoms. The van der Waals surface area contributed by atoms with E-state index in [4.69, 9.17) is 0 Å². The van der Waals surface area contributed by atoms with Crippen molar-refractivity contribution in [2.24, 2.45) is 4.99 Å². The first-order chi connectivity index (χ1) is 9.37. The molecule has 1 N–H and O–H groups in total. The number of hydrogen-bond acceptors (Lipinski definition) is 4. The van der Waals surface area contributed by atoms with Crippen molar-refractivity contribution < 1.29 is 17.9 Å². The number of amidine groups is 1. The van der Waals surface area contributed by atoms with Crippen LogP contribution in [0.25, 0.3) is 0 Å². The summed E-state index contributed by atoms with van der Waals surface area (Å²) in [6.07, 6.45) is -3.82. The van der Waals surface area contributed by atoms with Crippen molar-refractivity contribution >= 4 is 38.5 Å². The van der Waals surface area contributed by atoms with Gasteiger partial charge in [-0.05, 0) is 24.6 Å². The molecule has 0 aliphatic carbocycles. The minimum atomic E-state index is -4.73. The molecule has 0 radical (unpaired) electrons. The Morgan fingerprint density at radius 1 is 1.50 bits per heavy atom. The normalized spacial score (nSPS) is 18.9. The Hall–Kier alpha value is -0.890. The summed E-state index contributed by atoms with van der Waals surface area (Å²) in [5.41, 5.74) is 0.244. The van der Waals surface area contributed by atoms with Crippen molar-refractivity contribution in [1.82, 2.24) is 0 Å². The molecule has 1 aliphatic rings. The fourth-order valence-electron chi connectivity index (χ4n) is 1.62. The van der Waals surface area contributed by atoms with Crippen LogP contribution in [-0.4, -0.2) is 23.3 Å². The average Bonchev–Trinajstić information content (AvgIpc) is 2.78. The molecule has 1 heterocycles. The number of benzene rings is 1. The Bertz CT molecular complexity index is 522. The zero-order chi connectivity index (χ0) is 14.8. The lowest BCUT2D eigenvalue weighted by molar-refractivity contribution is -0.274. The van der Waals surface area contributed by atoms with Gasteiger partial charge in [-0.1, -0.05) is 34.6 Å². The lowest BCUT2D eigenvalue weighted by Crippen LogP contribution is -2.18. The van der Waals surface area contributed by atoms with Crippen LogP contribution >= 0.6 is 27.7 Å². The maximum Gasteiger partial charge on any atom is 0.573 e. The number of halogens is 4. The molecule has 0 saturated carbocycles. The van der Waals surface area contributed by atoms with E-state index in [-0.39, 0.29) is 17.5 Å². The topological polar surface area (TPSA) is 33.6 Å². The zero-order valence-electron chi connectivity index (χ0n) is 10.5. The minimum Gasteiger partial charge on any atom is -0.404 e. The van der Waals surface area contributed by atoms with E-state index >= 15 is 0 Å². The molecule has 1 atom stereocenters. The van der Waals surface area contributed by atoms with Crippen molar-refractivity contribution in [2.75, 3.05) is 11.1 Å². The van der Waals surface area contributed by atoms with Gasteiger partial charge in [0.25, 0.3) is 0 Å². The molecule has 1 unspecified atom stereocenters. The number of nitrogens with one attached hydrogen (secondary N) is 1. The van der Waals surface area contributed by atoms with Gasteiger partial charge in [0.1, 0.15) is 0 Å². The van der Waals surface area contributed by atoms with E-state index in [1.165, 1.54) is 23.9 Å². The molecule has 0 aromatic heterocycles. The second-order valence-corrected chi connectivity index (χ2v) is 6.04. The van der Waals surface area contributed by atoms with Crippen LogP contribution in [0.2, 0.25) is 0 Å². The highest BCUT2D eigenvalue weighted by molar-refractivity contribution is 9.10. The van der Waals surface area contributed by atoms with Gasteiger partial charge in [-0.25, -0.2) is 0 Å². The first kappa shape index (κ1) is 15.5. The molecule has 0 spiro atoms. The molecule has 3 nitrogen and oxygen atoms in total. The second kappa shape index (κ2) is 6.26. The van der Waals surface area contributed by atoms with E-state index < -0.39 is 6.36 Å². The van der Waals surface area contributed by atoms with Gasteiger partial charge in [0.2, 0.25) is 0 Å². The number of ether oxygens (including phenoxy) is 1. The molecule has 0 fully saturated rings. The van der Waals surface area contributed by atoms with E-state index in [1.54, 1.807) is 6.07 Å². The monoisotopic (exact) mass is 368 g/mol. The van der Waals surface area contributed by atoms with Crippen molar-refractivity contribution in [2.45, 2.75) is 25.7 Å². The summed E-state index contributed by atoms with van der Waals surface area (Å²) in [6, 6.07) is 4.65. The van der Waals surface area contributed by atoms with E-state index in [0.717, 1.165) is 12.2 Å². The molecule has 1 aromatic carbocycles. The molecule has 0 bridgehead atoms. The number of nitrogens with zero attached hydrogens (tertiary/aromatic N) is 1. The van der Waals surface area contributed by atoms with Crippen LogP contribution in [0.15, 0.2) is 27.7 Å². The summed E-state index contributed by atoms with van der Waals surface area (Å²) in [5, 5.41) is 3.51. The SMILES string of the molecule is CCC1CSC(Nc2ccc(Br)cc2OC(F)(F)F)=N1. The van der Waals surface area contributed by atoms with E-state index in [0.29, 0.717) is 9.64 Å². The van der Waals surface area contributed by atoms with Crippen molar-refractivity contribution in [1.29, 1.82) is 0 Å². The summed E-state index contributed by atoms with van der Waals surface area (Å²) >= 11 is 4.62. The molecule has 0 amide bonds. The van der Waals surface area contributed by atoms with Crippen LogP contribution in [0.5, 0.6) is 5.75 Å². The smallest absolute Gasteiger partial charge is 0.404 e. The summed E-state index contributed by atoms with van der Waals surface area (Å²) in [4.78, 5) is 4.38. The Morgan fingerprint density at radius 3 is 2.85 bits per heavy atom. The highest BCUT2D eigenvalue weighted by Gasteiger charge is 2.32. The molecule has 110 valence electrons. The summed E-state index contributed by atoms with van der Waals surface area (Å²) in [6.45, 7) is 2.02. The Kier molecular flexibility index (Phi) is 4.85. The first-order valence-electron chi connectivity index (χ1n) is 5.90. The number of alkyl halides is 3. The van der Waals surface area contributed by atoms with Gasteiger partial charge in [0.05, 0.1) is 11.7 Å². The molecule has 1 aliphatic heterocycles. The third-order valence-corrected chi connectivity index (χ3v) is 4.12. The number of aliphatic imine (C=N–C) groups is 1. The van der Waals surface area contributed by atoms with Crippen LogP contribution in [0.4, 0.5) is 18.9 Å². The fraction of sp³-hybridized carbons (Fsp3) is 0.417. The van der Waals surface area contributed by atoms with Gasteiger partial charge in [0.15, 0.2) is 10.9 Å². The fourth-order valence-corrected chi connectivity index (χ4v) is 3.02. The van der Waals surface area contributed by atoms with Crippen molar-refractivity contribution in [3.8, 4) is 5.75 Å². The molecular weight excluding hydrogens is 357 g/mol. The van der Waals surface area contributed by atoms with Gasteiger partial charge < -0.3 is 10.1 Å². The number of thioether (sulfide) groups is 1. The van der Waals surface area contributed by atoms with Gasteiger partial charge in [0, 0.05) is 10.2 Å². The van der Waals surface area contributed by atoms with Gasteiger partial charge >= 0.3 is 6.36 Å². The summed E-state index contributed by atoms with van der Waals surface area (Å²) < 4.78 is 41.7. The van der Waals surface area contributed by atoms with Crippen molar-refractivity contribution in [3.63, 3.8) is 0 Å². The van der Waals surface area contributed by atoms with Gasteiger partial charge in [-0.3, -0.25) is 4.99 Å². The molecule has 0 saturated heterocycles. The molecule has 2 rings (SSSR count). The van der Waals surface area contributed by atoms with Gasteiger partial charge in [-0.15, -0.1) is 13.2 Å². The van der Waals surface area contributed by atoms with E-state index in [2.05, 4.69) is 31.0 Å². The second-order valence-electron chi connectivity index (χ2n) is 4.12. The summed E-state index contributed by atoms with van der Waals surface area (Å²) in [7, 11) is 0. The maximum atomic E-state index is 12.4. The van der Waals surface area contributed by atoms with E-state index in [1.807, 2.05) is 6.92 Å². The lowest BCUT2D eigenvalue weighted by Gasteiger charge is -2.14. The first-order valence-corrected chi connectivity index (χ1v) is 7.68. The van der Waals surface area contributed by atoms with Crippen LogP contribution in [-0.2, 0) is 0 Å². The molecule has 20 heavy (non-hydrogen) atoms. The van der Waals surface area contributed by atoms with Crippen LogP contribution in [0, 0.1) is 0 Å². The number of rotatable bonds is 3. The lowest BCUT2D eigenvalue weighted by atomic mass is 10.3. The van der Waals surface area contributed by atoms with Crippen molar-refractivity contribution in [3.05, 3.63) is 22.7 Å². The number of anilines is 1. The molecular formula is C12H12BrF3N2OS. The highest BCUT2D eigenvalue weighted by atomic mass is 79.9. The number of hydrogen-bond donors (Lipinski definition) is 1. The quantitative estimate of drug-likeness (QED) is 0.843. The largest absolute Gasteiger partial charge is 0.573 e. The Labute approximate surface area is 127 Å². The third kappa shape index (κ3) is 4.31. The third-order valence-electron chi connectivity index (χ3n) is 2.59. The van der Waals surface area contributed by atoms with Crippen LogP contribution < -0.4 is 10.1 Å². The van der Waals surface area contributed by atoms with Crippen LogP contribution in [0.1, 0.15) is 13.3 Å². The highest BCUT2D eigenvalue weighted by Crippen LogP contribution is 2.34. The minimum absolute atomic E-state index is 0.213. The van der Waals surface area contributed by atoms with Gasteiger partial charge in [-0.2, -0.15) is 0 Å². The van der Waals surface area contributed by atoms with Crippen LogP contribution in [0.3, 0.4) is 0 Å². The van der Waals surface area contributed by atoms with E-state index in [9.17, 15) is 13.2 Å². The predicted octanol–water partition coefficient (Wildman–Crippen LogP) is 4.64. The summed E-state index contributed by atoms with van der Waals surface area (Å²) in [5.74, 6) is 0.556. The Morgan fingerprint density at radius 2 is 2.25 bits per heavy atom. The zero-order valence-corrected chi connectivity index (χ0v) is 12.9. The average molecular weight is 369 g/mol.